The second-order valence-corrected chi connectivity index (χ2v) is 1.95. The summed E-state index contributed by atoms with van der Waals surface area (Å²) in [5.41, 5.74) is 12.7. The molecule has 0 amide bonds. The molecule has 50 valence electrons. The Balaban J connectivity index is 0. The molecule has 0 saturated carbocycles. The number of benzene rings is 1. The molecule has 0 heterocycles. The molecule has 0 spiro atoms. The molecular formula is C7H11LiN2. The monoisotopic (exact) mass is 130 g/mol. The smallest absolute Gasteiger partial charge is 1.00 e. The molecule has 0 unspecified atom stereocenters. The van der Waals surface area contributed by atoms with Gasteiger partial charge in [0.1, 0.15) is 0 Å². The second kappa shape index (κ2) is 4.40. The Morgan fingerprint density at radius 2 is 2.10 bits per heavy atom. The van der Waals surface area contributed by atoms with Gasteiger partial charge in [-0.1, -0.05) is 12.1 Å². The van der Waals surface area contributed by atoms with Crippen LogP contribution < -0.4 is 30.3 Å². The van der Waals surface area contributed by atoms with Crippen LogP contribution in [0.4, 0.5) is 5.69 Å². The normalized spacial score (nSPS) is 8.50. The number of nitrogens with two attached hydrogens (primary N) is 2. The van der Waals surface area contributed by atoms with E-state index in [0.717, 1.165) is 11.3 Å². The molecule has 3 heteroatoms. The van der Waals surface area contributed by atoms with Crippen LogP contribution in [0.5, 0.6) is 0 Å². The van der Waals surface area contributed by atoms with Gasteiger partial charge in [-0.05, 0) is 17.7 Å². The van der Waals surface area contributed by atoms with Gasteiger partial charge in [0, 0.05) is 12.2 Å². The van der Waals surface area contributed by atoms with E-state index in [4.69, 9.17) is 11.5 Å². The van der Waals surface area contributed by atoms with E-state index in [-0.39, 0.29) is 20.3 Å². The molecule has 10 heavy (non-hydrogen) atoms. The first kappa shape index (κ1) is 9.58. The second-order valence-electron chi connectivity index (χ2n) is 1.95. The van der Waals surface area contributed by atoms with Gasteiger partial charge in [0.25, 0.3) is 0 Å². The molecule has 0 bridgehead atoms. The zero-order chi connectivity index (χ0) is 6.69. The molecule has 0 aromatic heterocycles. The molecule has 1 aromatic carbocycles. The Kier molecular flexibility index (Phi) is 4.22. The van der Waals surface area contributed by atoms with E-state index in [0.29, 0.717) is 6.54 Å². The van der Waals surface area contributed by atoms with Gasteiger partial charge in [-0.3, -0.25) is 0 Å². The molecule has 0 aliphatic rings. The number of rotatable bonds is 1. The predicted molar refractivity (Wildman–Crippen MR) is 39.9 cm³/mol. The molecule has 0 saturated heterocycles. The summed E-state index contributed by atoms with van der Waals surface area (Å²) in [6.07, 6.45) is 0. The van der Waals surface area contributed by atoms with Crippen LogP contribution in [-0.2, 0) is 6.54 Å². The fourth-order valence-electron chi connectivity index (χ4n) is 0.720. The van der Waals surface area contributed by atoms with Crippen LogP contribution >= 0.6 is 0 Å². The van der Waals surface area contributed by atoms with Crippen LogP contribution in [0.1, 0.15) is 6.99 Å². The van der Waals surface area contributed by atoms with Crippen molar-refractivity contribution in [1.82, 2.24) is 0 Å². The van der Waals surface area contributed by atoms with Crippen LogP contribution in [0, 0.1) is 0 Å². The first-order valence-corrected chi connectivity index (χ1v) is 2.87. The van der Waals surface area contributed by atoms with Gasteiger partial charge < -0.3 is 12.9 Å². The number of nitrogen functional groups attached to an aromatic ring is 1. The van der Waals surface area contributed by atoms with Crippen molar-refractivity contribution in [2.45, 2.75) is 6.54 Å². The van der Waals surface area contributed by atoms with Gasteiger partial charge in [0.2, 0.25) is 0 Å². The van der Waals surface area contributed by atoms with Crippen molar-refractivity contribution >= 4 is 5.69 Å². The molecule has 1 aromatic rings. The zero-order valence-electron chi connectivity index (χ0n) is 7.17. The number of anilines is 1. The Bertz CT molecular complexity index is 205. The SMILES string of the molecule is NCc1cccc(N)c1.[H-].[Li+]. The molecule has 0 atom stereocenters. The standard InChI is InChI=1S/C7H10N2.Li.H/c8-5-6-2-1-3-7(9)4-6;;/h1-4H,5,8-9H2;;/q;+1;-1. The number of hydrogen-bond acceptors (Lipinski definition) is 2. The van der Waals surface area contributed by atoms with Crippen molar-refractivity contribution in [3.05, 3.63) is 29.8 Å². The van der Waals surface area contributed by atoms with Crippen LogP contribution in [0.3, 0.4) is 0 Å². The summed E-state index contributed by atoms with van der Waals surface area (Å²) in [5, 5.41) is 0. The van der Waals surface area contributed by atoms with E-state index in [2.05, 4.69) is 0 Å². The summed E-state index contributed by atoms with van der Waals surface area (Å²) < 4.78 is 0. The molecule has 2 nitrogen and oxygen atoms in total. The predicted octanol–water partition coefficient (Wildman–Crippen LogP) is -2.16. The van der Waals surface area contributed by atoms with Crippen LogP contribution in [0.2, 0.25) is 0 Å². The fourth-order valence-corrected chi connectivity index (χ4v) is 0.720. The Labute approximate surface area is 74.3 Å². The Hall–Kier alpha value is -0.423. The number of hydrogen-bond donors (Lipinski definition) is 2. The van der Waals surface area contributed by atoms with Crippen molar-refractivity contribution in [2.24, 2.45) is 5.73 Å². The fraction of sp³-hybridized carbons (Fsp3) is 0.143. The molecule has 0 fully saturated rings. The Morgan fingerprint density at radius 3 is 2.50 bits per heavy atom. The van der Waals surface area contributed by atoms with Crippen LogP contribution in [0.15, 0.2) is 24.3 Å². The van der Waals surface area contributed by atoms with Crippen molar-refractivity contribution in [1.29, 1.82) is 0 Å². The molecule has 0 aliphatic heterocycles. The molecule has 0 radical (unpaired) electrons. The van der Waals surface area contributed by atoms with E-state index >= 15 is 0 Å². The third kappa shape index (κ3) is 2.45. The average Bonchev–Trinajstić information content (AvgIpc) is 1.88. The topological polar surface area (TPSA) is 52.0 Å². The van der Waals surface area contributed by atoms with Crippen molar-refractivity contribution in [3.63, 3.8) is 0 Å². The molecule has 1 rings (SSSR count). The maximum absolute atomic E-state index is 5.48. The summed E-state index contributed by atoms with van der Waals surface area (Å²) in [4.78, 5) is 0. The maximum Gasteiger partial charge on any atom is 1.00 e. The largest absolute Gasteiger partial charge is 1.00 e. The molecule has 0 aliphatic carbocycles. The minimum absolute atomic E-state index is 0. The first-order chi connectivity index (χ1) is 4.33. The van der Waals surface area contributed by atoms with E-state index in [1.807, 2.05) is 24.3 Å². The minimum atomic E-state index is 0. The molecular weight excluding hydrogens is 119 g/mol. The Morgan fingerprint density at radius 1 is 1.40 bits per heavy atom. The van der Waals surface area contributed by atoms with E-state index < -0.39 is 0 Å². The summed E-state index contributed by atoms with van der Waals surface area (Å²) in [5.74, 6) is 0. The van der Waals surface area contributed by atoms with Gasteiger partial charge in [-0.2, -0.15) is 0 Å². The maximum atomic E-state index is 5.48. The average molecular weight is 130 g/mol. The van der Waals surface area contributed by atoms with E-state index in [1.165, 1.54) is 0 Å². The van der Waals surface area contributed by atoms with Crippen LogP contribution in [-0.4, -0.2) is 0 Å². The molecule has 4 N–H and O–H groups in total. The van der Waals surface area contributed by atoms with Crippen molar-refractivity contribution in [2.75, 3.05) is 5.73 Å². The summed E-state index contributed by atoms with van der Waals surface area (Å²) >= 11 is 0. The zero-order valence-corrected chi connectivity index (χ0v) is 6.17. The van der Waals surface area contributed by atoms with Gasteiger partial charge >= 0.3 is 18.9 Å². The van der Waals surface area contributed by atoms with Gasteiger partial charge in [0.15, 0.2) is 0 Å². The third-order valence-corrected chi connectivity index (χ3v) is 1.19. The van der Waals surface area contributed by atoms with Gasteiger partial charge in [-0.25, -0.2) is 0 Å². The first-order valence-electron chi connectivity index (χ1n) is 2.87. The quantitative estimate of drug-likeness (QED) is 0.336. The van der Waals surface area contributed by atoms with Gasteiger partial charge in [-0.15, -0.1) is 0 Å². The van der Waals surface area contributed by atoms with Crippen LogP contribution in [0.25, 0.3) is 0 Å². The van der Waals surface area contributed by atoms with Crippen molar-refractivity contribution < 1.29 is 20.3 Å². The minimum Gasteiger partial charge on any atom is -1.00 e. The van der Waals surface area contributed by atoms with Crippen molar-refractivity contribution in [3.8, 4) is 0 Å². The van der Waals surface area contributed by atoms with E-state index in [1.54, 1.807) is 0 Å². The summed E-state index contributed by atoms with van der Waals surface area (Å²) in [6, 6.07) is 7.58. The van der Waals surface area contributed by atoms with Gasteiger partial charge in [0.05, 0.1) is 0 Å². The summed E-state index contributed by atoms with van der Waals surface area (Å²) in [7, 11) is 0. The summed E-state index contributed by atoms with van der Waals surface area (Å²) in [6.45, 7) is 0.561. The van der Waals surface area contributed by atoms with E-state index in [9.17, 15) is 0 Å². The third-order valence-electron chi connectivity index (χ3n) is 1.19.